The van der Waals surface area contributed by atoms with Gasteiger partial charge in [0.15, 0.2) is 0 Å². The van der Waals surface area contributed by atoms with E-state index in [0.717, 1.165) is 11.3 Å². The van der Waals surface area contributed by atoms with E-state index in [-0.39, 0.29) is 11.0 Å². The van der Waals surface area contributed by atoms with E-state index in [2.05, 4.69) is 37.1 Å². The molecule has 0 amide bonds. The van der Waals surface area contributed by atoms with Crippen LogP contribution in [0.5, 0.6) is 0 Å². The summed E-state index contributed by atoms with van der Waals surface area (Å²) in [6.45, 7) is 8.45. The van der Waals surface area contributed by atoms with Gasteiger partial charge in [0.25, 0.3) is 5.56 Å². The van der Waals surface area contributed by atoms with Gasteiger partial charge in [-0.05, 0) is 35.6 Å². The van der Waals surface area contributed by atoms with Crippen LogP contribution in [-0.2, 0) is 5.41 Å². The van der Waals surface area contributed by atoms with Crippen LogP contribution in [0.2, 0.25) is 0 Å². The molecule has 2 aromatic heterocycles. The van der Waals surface area contributed by atoms with Gasteiger partial charge in [0, 0.05) is 18.0 Å². The molecule has 0 radical (unpaired) electrons. The number of nitrogens with zero attached hydrogens (tertiary/aromatic N) is 2. The van der Waals surface area contributed by atoms with E-state index in [9.17, 15) is 4.79 Å². The first-order chi connectivity index (χ1) is 10.8. The molecule has 0 aliphatic carbocycles. The standard InChI is InChI=1S/C19H21N3O/c1-13-9-10-17-21-16(11-18(23)22(17)12-13)20-15-8-6-5-7-14(15)19(2,3)4/h5-12,20H,1-4H3. The normalized spacial score (nSPS) is 11.7. The number of rotatable bonds is 2. The molecular formula is C19H21N3O. The Kier molecular flexibility index (Phi) is 3.68. The molecule has 4 nitrogen and oxygen atoms in total. The molecule has 1 aromatic carbocycles. The Bertz CT molecular complexity index is 920. The zero-order valence-electron chi connectivity index (χ0n) is 13.9. The van der Waals surface area contributed by atoms with Gasteiger partial charge in [0.05, 0.1) is 0 Å². The molecule has 2 heterocycles. The largest absolute Gasteiger partial charge is 0.340 e. The highest BCUT2D eigenvalue weighted by Gasteiger charge is 2.17. The predicted molar refractivity (Wildman–Crippen MR) is 94.6 cm³/mol. The number of fused-ring (bicyclic) bond motifs is 1. The van der Waals surface area contributed by atoms with Crippen molar-refractivity contribution in [3.63, 3.8) is 0 Å². The molecule has 0 aliphatic rings. The van der Waals surface area contributed by atoms with Crippen LogP contribution in [0.3, 0.4) is 0 Å². The third-order valence-corrected chi connectivity index (χ3v) is 3.81. The number of nitrogens with one attached hydrogen (secondary N) is 1. The second-order valence-electron chi connectivity index (χ2n) is 6.83. The fraction of sp³-hybridized carbons (Fsp3) is 0.263. The van der Waals surface area contributed by atoms with Crippen LogP contribution in [0.1, 0.15) is 31.9 Å². The summed E-state index contributed by atoms with van der Waals surface area (Å²) in [5.74, 6) is 0.565. The van der Waals surface area contributed by atoms with E-state index < -0.39 is 0 Å². The van der Waals surface area contributed by atoms with Gasteiger partial charge < -0.3 is 5.32 Å². The summed E-state index contributed by atoms with van der Waals surface area (Å²) < 4.78 is 1.57. The van der Waals surface area contributed by atoms with Gasteiger partial charge in [-0.25, -0.2) is 4.98 Å². The molecule has 23 heavy (non-hydrogen) atoms. The smallest absolute Gasteiger partial charge is 0.259 e. The van der Waals surface area contributed by atoms with Gasteiger partial charge >= 0.3 is 0 Å². The number of hydrogen-bond donors (Lipinski definition) is 1. The minimum Gasteiger partial charge on any atom is -0.340 e. The molecule has 0 fully saturated rings. The Hall–Kier alpha value is -2.62. The number of benzene rings is 1. The number of anilines is 2. The predicted octanol–water partition coefficient (Wildman–Crippen LogP) is 4.04. The summed E-state index contributed by atoms with van der Waals surface area (Å²) in [6, 6.07) is 13.5. The molecule has 0 unspecified atom stereocenters. The van der Waals surface area contributed by atoms with Gasteiger partial charge in [0.1, 0.15) is 11.5 Å². The summed E-state index contributed by atoms with van der Waals surface area (Å²) in [7, 11) is 0. The number of pyridine rings is 1. The highest BCUT2D eigenvalue weighted by molar-refractivity contribution is 5.63. The molecule has 0 atom stereocenters. The lowest BCUT2D eigenvalue weighted by Gasteiger charge is -2.23. The van der Waals surface area contributed by atoms with Crippen molar-refractivity contribution < 1.29 is 0 Å². The Morgan fingerprint density at radius 3 is 2.57 bits per heavy atom. The van der Waals surface area contributed by atoms with Crippen LogP contribution in [0.4, 0.5) is 11.5 Å². The highest BCUT2D eigenvalue weighted by Crippen LogP contribution is 2.30. The van der Waals surface area contributed by atoms with Crippen molar-refractivity contribution >= 4 is 17.2 Å². The van der Waals surface area contributed by atoms with Crippen molar-refractivity contribution in [3.05, 3.63) is 70.1 Å². The van der Waals surface area contributed by atoms with Crippen molar-refractivity contribution in [2.24, 2.45) is 0 Å². The Balaban J connectivity index is 2.07. The van der Waals surface area contributed by atoms with Gasteiger partial charge in [-0.3, -0.25) is 9.20 Å². The fourth-order valence-electron chi connectivity index (χ4n) is 2.66. The third kappa shape index (κ3) is 3.11. The molecule has 4 heteroatoms. The first-order valence-electron chi connectivity index (χ1n) is 7.71. The van der Waals surface area contributed by atoms with Crippen molar-refractivity contribution in [3.8, 4) is 0 Å². The first kappa shape index (κ1) is 15.3. The second kappa shape index (κ2) is 5.54. The number of para-hydroxylation sites is 1. The second-order valence-corrected chi connectivity index (χ2v) is 6.83. The Morgan fingerprint density at radius 2 is 1.83 bits per heavy atom. The summed E-state index contributed by atoms with van der Waals surface area (Å²) in [4.78, 5) is 16.9. The molecule has 1 N–H and O–H groups in total. The third-order valence-electron chi connectivity index (χ3n) is 3.81. The number of hydrogen-bond acceptors (Lipinski definition) is 3. The monoisotopic (exact) mass is 307 g/mol. The maximum Gasteiger partial charge on any atom is 0.259 e. The average molecular weight is 307 g/mol. The van der Waals surface area contributed by atoms with Gasteiger partial charge in [0.2, 0.25) is 0 Å². The lowest BCUT2D eigenvalue weighted by Crippen LogP contribution is -2.17. The first-order valence-corrected chi connectivity index (χ1v) is 7.71. The summed E-state index contributed by atoms with van der Waals surface area (Å²) in [5.41, 5.74) is 3.75. The molecule has 0 aliphatic heterocycles. The van der Waals surface area contributed by atoms with Crippen LogP contribution in [0.25, 0.3) is 5.65 Å². The molecule has 118 valence electrons. The zero-order valence-corrected chi connectivity index (χ0v) is 13.9. The van der Waals surface area contributed by atoms with Gasteiger partial charge in [-0.2, -0.15) is 0 Å². The quantitative estimate of drug-likeness (QED) is 0.777. The lowest BCUT2D eigenvalue weighted by molar-refractivity contribution is 0.592. The van der Waals surface area contributed by atoms with E-state index in [0.29, 0.717) is 11.5 Å². The molecule has 0 spiro atoms. The highest BCUT2D eigenvalue weighted by atomic mass is 16.1. The molecule has 0 saturated heterocycles. The topological polar surface area (TPSA) is 46.4 Å². The number of aromatic nitrogens is 2. The van der Waals surface area contributed by atoms with E-state index in [1.54, 1.807) is 10.6 Å². The van der Waals surface area contributed by atoms with Crippen LogP contribution >= 0.6 is 0 Å². The van der Waals surface area contributed by atoms with E-state index in [1.807, 2.05) is 37.3 Å². The minimum atomic E-state index is -0.0885. The van der Waals surface area contributed by atoms with E-state index in [1.165, 1.54) is 11.6 Å². The van der Waals surface area contributed by atoms with Gasteiger partial charge in [-0.1, -0.05) is 45.0 Å². The summed E-state index contributed by atoms with van der Waals surface area (Å²) in [6.07, 6.45) is 1.80. The molecule has 3 aromatic rings. The maximum absolute atomic E-state index is 12.3. The van der Waals surface area contributed by atoms with E-state index >= 15 is 0 Å². The zero-order chi connectivity index (χ0) is 16.6. The molecule has 0 bridgehead atoms. The Morgan fingerprint density at radius 1 is 1.09 bits per heavy atom. The van der Waals surface area contributed by atoms with Gasteiger partial charge in [-0.15, -0.1) is 0 Å². The van der Waals surface area contributed by atoms with Crippen molar-refractivity contribution in [1.29, 1.82) is 0 Å². The lowest BCUT2D eigenvalue weighted by atomic mass is 9.86. The van der Waals surface area contributed by atoms with Crippen LogP contribution in [0.15, 0.2) is 53.5 Å². The van der Waals surface area contributed by atoms with Crippen LogP contribution in [-0.4, -0.2) is 9.38 Å². The maximum atomic E-state index is 12.3. The summed E-state index contributed by atoms with van der Waals surface area (Å²) in [5, 5.41) is 3.30. The van der Waals surface area contributed by atoms with Crippen LogP contribution in [0, 0.1) is 6.92 Å². The molecule has 3 rings (SSSR count). The van der Waals surface area contributed by atoms with E-state index in [4.69, 9.17) is 0 Å². The Labute approximate surface area is 135 Å². The molecule has 0 saturated carbocycles. The minimum absolute atomic E-state index is 0.00655. The van der Waals surface area contributed by atoms with Crippen molar-refractivity contribution in [2.45, 2.75) is 33.1 Å². The van der Waals surface area contributed by atoms with Crippen molar-refractivity contribution in [1.82, 2.24) is 9.38 Å². The SMILES string of the molecule is Cc1ccc2nc(Nc3ccccc3C(C)(C)C)cc(=O)n2c1. The summed E-state index contributed by atoms with van der Waals surface area (Å²) >= 11 is 0. The fourth-order valence-corrected chi connectivity index (χ4v) is 2.66. The van der Waals surface area contributed by atoms with Crippen LogP contribution < -0.4 is 10.9 Å². The number of aryl methyl sites for hydroxylation is 1. The molecular weight excluding hydrogens is 286 g/mol. The van der Waals surface area contributed by atoms with Crippen molar-refractivity contribution in [2.75, 3.05) is 5.32 Å². The average Bonchev–Trinajstić information content (AvgIpc) is 2.48.